The van der Waals surface area contributed by atoms with Gasteiger partial charge in [0.05, 0.1) is 11.6 Å². The van der Waals surface area contributed by atoms with Crippen LogP contribution in [0.25, 0.3) is 0 Å². The van der Waals surface area contributed by atoms with Gasteiger partial charge >= 0.3 is 0 Å². The molecule has 1 aromatic carbocycles. The Morgan fingerprint density at radius 2 is 2.10 bits per heavy atom. The van der Waals surface area contributed by atoms with Crippen molar-refractivity contribution in [3.05, 3.63) is 22.2 Å². The molecular weight excluding hydrogens is 332 g/mol. The Kier molecular flexibility index (Phi) is 6.33. The third kappa shape index (κ3) is 4.59. The van der Waals surface area contributed by atoms with Crippen molar-refractivity contribution >= 4 is 15.9 Å². The molecule has 5 heteroatoms. The minimum absolute atomic E-state index is 0.173. The molecule has 0 atom stereocenters. The van der Waals surface area contributed by atoms with E-state index in [-0.39, 0.29) is 5.75 Å². The van der Waals surface area contributed by atoms with E-state index in [1.54, 1.807) is 7.11 Å². The van der Waals surface area contributed by atoms with E-state index in [9.17, 15) is 5.11 Å². The molecule has 1 saturated heterocycles. The van der Waals surface area contributed by atoms with Crippen LogP contribution in [-0.2, 0) is 6.54 Å². The highest BCUT2D eigenvalue weighted by molar-refractivity contribution is 9.10. The number of aromatic hydroxyl groups is 1. The molecule has 1 fully saturated rings. The summed E-state index contributed by atoms with van der Waals surface area (Å²) >= 11 is 3.39. The molecule has 1 aromatic rings. The SMILES string of the molecule is CNCCC1CCN(Cc2cc(Br)c(O)c(OC)c2)CC1. The summed E-state index contributed by atoms with van der Waals surface area (Å²) in [6.07, 6.45) is 3.83. The first-order chi connectivity index (χ1) is 10.1. The number of piperidine rings is 1. The first-order valence-corrected chi connectivity index (χ1v) is 8.35. The van der Waals surface area contributed by atoms with E-state index in [1.807, 2.05) is 19.2 Å². The molecule has 1 aliphatic rings. The summed E-state index contributed by atoms with van der Waals surface area (Å²) in [5.41, 5.74) is 1.17. The van der Waals surface area contributed by atoms with Gasteiger partial charge in [0.25, 0.3) is 0 Å². The summed E-state index contributed by atoms with van der Waals surface area (Å²) < 4.78 is 5.91. The molecule has 0 radical (unpaired) electrons. The number of phenolic OH excluding ortho intramolecular Hbond substituents is 1. The van der Waals surface area contributed by atoms with E-state index in [1.165, 1.54) is 24.8 Å². The fourth-order valence-corrected chi connectivity index (χ4v) is 3.40. The Hall–Kier alpha value is -0.780. The number of rotatable bonds is 6. The van der Waals surface area contributed by atoms with Gasteiger partial charge in [-0.05, 0) is 85.5 Å². The molecular formula is C16H25BrN2O2. The van der Waals surface area contributed by atoms with Gasteiger partial charge in [-0.1, -0.05) is 0 Å². The quantitative estimate of drug-likeness (QED) is 0.822. The zero-order valence-corrected chi connectivity index (χ0v) is 14.4. The first-order valence-electron chi connectivity index (χ1n) is 7.56. The maximum absolute atomic E-state index is 9.85. The van der Waals surface area contributed by atoms with Crippen molar-refractivity contribution in [2.45, 2.75) is 25.8 Å². The summed E-state index contributed by atoms with van der Waals surface area (Å²) in [4.78, 5) is 2.48. The lowest BCUT2D eigenvalue weighted by Crippen LogP contribution is -2.34. The van der Waals surface area contributed by atoms with Crippen molar-refractivity contribution in [1.82, 2.24) is 10.2 Å². The summed E-state index contributed by atoms with van der Waals surface area (Å²) in [5.74, 6) is 1.56. The zero-order valence-electron chi connectivity index (χ0n) is 12.9. The number of methoxy groups -OCH3 is 1. The Labute approximate surface area is 135 Å². The Morgan fingerprint density at radius 1 is 1.38 bits per heavy atom. The third-order valence-electron chi connectivity index (χ3n) is 4.22. The van der Waals surface area contributed by atoms with Crippen LogP contribution in [0, 0.1) is 5.92 Å². The Balaban J connectivity index is 1.90. The number of phenols is 1. The van der Waals surface area contributed by atoms with Crippen molar-refractivity contribution in [2.24, 2.45) is 5.92 Å². The van der Waals surface area contributed by atoms with Crippen molar-refractivity contribution in [2.75, 3.05) is 33.8 Å². The second-order valence-corrected chi connectivity index (χ2v) is 6.59. The topological polar surface area (TPSA) is 44.7 Å². The van der Waals surface area contributed by atoms with Gasteiger partial charge in [-0.15, -0.1) is 0 Å². The van der Waals surface area contributed by atoms with E-state index in [4.69, 9.17) is 4.74 Å². The molecule has 0 aliphatic carbocycles. The second kappa shape index (κ2) is 8.01. The van der Waals surface area contributed by atoms with Crippen molar-refractivity contribution in [1.29, 1.82) is 0 Å². The predicted octanol–water partition coefficient (Wildman–Crippen LogP) is 2.98. The number of hydrogen-bond donors (Lipinski definition) is 2. The molecule has 1 aliphatic heterocycles. The Morgan fingerprint density at radius 3 is 2.71 bits per heavy atom. The number of hydrogen-bond acceptors (Lipinski definition) is 4. The minimum Gasteiger partial charge on any atom is -0.503 e. The molecule has 1 heterocycles. The molecule has 2 rings (SSSR count). The van der Waals surface area contributed by atoms with Crippen LogP contribution in [0.2, 0.25) is 0 Å². The van der Waals surface area contributed by atoms with Gasteiger partial charge in [-0.3, -0.25) is 4.90 Å². The van der Waals surface area contributed by atoms with Crippen LogP contribution in [0.1, 0.15) is 24.8 Å². The van der Waals surface area contributed by atoms with Crippen LogP contribution in [-0.4, -0.2) is 43.8 Å². The smallest absolute Gasteiger partial charge is 0.172 e. The van der Waals surface area contributed by atoms with Gasteiger partial charge in [0.2, 0.25) is 0 Å². The number of nitrogens with zero attached hydrogens (tertiary/aromatic N) is 1. The molecule has 0 spiro atoms. The summed E-state index contributed by atoms with van der Waals surface area (Å²) in [6.45, 7) is 4.32. The maximum atomic E-state index is 9.85. The molecule has 0 saturated carbocycles. The highest BCUT2D eigenvalue weighted by atomic mass is 79.9. The van der Waals surface area contributed by atoms with Gasteiger partial charge in [0.1, 0.15) is 0 Å². The van der Waals surface area contributed by atoms with E-state index in [2.05, 4.69) is 26.1 Å². The maximum Gasteiger partial charge on any atom is 0.172 e. The third-order valence-corrected chi connectivity index (χ3v) is 4.83. The monoisotopic (exact) mass is 356 g/mol. The summed E-state index contributed by atoms with van der Waals surface area (Å²) in [5, 5.41) is 13.1. The molecule has 2 N–H and O–H groups in total. The van der Waals surface area contributed by atoms with E-state index in [0.717, 1.165) is 32.1 Å². The average Bonchev–Trinajstić information content (AvgIpc) is 2.50. The average molecular weight is 357 g/mol. The predicted molar refractivity (Wildman–Crippen MR) is 88.9 cm³/mol. The highest BCUT2D eigenvalue weighted by Gasteiger charge is 2.19. The molecule has 0 unspecified atom stereocenters. The lowest BCUT2D eigenvalue weighted by Gasteiger charge is -2.32. The van der Waals surface area contributed by atoms with Gasteiger partial charge < -0.3 is 15.2 Å². The fourth-order valence-electron chi connectivity index (χ4n) is 2.91. The molecule has 4 nitrogen and oxygen atoms in total. The molecule has 0 aromatic heterocycles. The van der Waals surface area contributed by atoms with Crippen molar-refractivity contribution < 1.29 is 9.84 Å². The molecule has 21 heavy (non-hydrogen) atoms. The standard InChI is InChI=1S/C16H25BrN2O2/c1-18-6-3-12-4-7-19(8-5-12)11-13-9-14(17)16(20)15(10-13)21-2/h9-10,12,18,20H,3-8,11H2,1-2H3. The molecule has 0 amide bonds. The van der Waals surface area contributed by atoms with Gasteiger partial charge in [0.15, 0.2) is 11.5 Å². The van der Waals surface area contributed by atoms with Crippen molar-refractivity contribution in [3.8, 4) is 11.5 Å². The van der Waals surface area contributed by atoms with Gasteiger partial charge in [0, 0.05) is 6.54 Å². The highest BCUT2D eigenvalue weighted by Crippen LogP contribution is 2.35. The van der Waals surface area contributed by atoms with E-state index in [0.29, 0.717) is 10.2 Å². The van der Waals surface area contributed by atoms with Crippen LogP contribution < -0.4 is 10.1 Å². The molecule has 118 valence electrons. The second-order valence-electron chi connectivity index (χ2n) is 5.74. The van der Waals surface area contributed by atoms with Crippen LogP contribution >= 0.6 is 15.9 Å². The number of halogens is 1. The van der Waals surface area contributed by atoms with Gasteiger partial charge in [-0.2, -0.15) is 0 Å². The first kappa shape index (κ1) is 16.6. The number of nitrogens with one attached hydrogen (secondary N) is 1. The lowest BCUT2D eigenvalue weighted by atomic mass is 9.93. The lowest BCUT2D eigenvalue weighted by molar-refractivity contribution is 0.172. The van der Waals surface area contributed by atoms with Crippen LogP contribution in [0.15, 0.2) is 16.6 Å². The fraction of sp³-hybridized carbons (Fsp3) is 0.625. The normalized spacial score (nSPS) is 17.1. The van der Waals surface area contributed by atoms with Gasteiger partial charge in [-0.25, -0.2) is 0 Å². The van der Waals surface area contributed by atoms with Crippen LogP contribution in [0.4, 0.5) is 0 Å². The number of benzene rings is 1. The van der Waals surface area contributed by atoms with Crippen molar-refractivity contribution in [3.63, 3.8) is 0 Å². The number of likely N-dealkylation sites (tertiary alicyclic amines) is 1. The Bertz CT molecular complexity index is 460. The summed E-state index contributed by atoms with van der Waals surface area (Å²) in [6, 6.07) is 3.90. The van der Waals surface area contributed by atoms with Crippen LogP contribution in [0.5, 0.6) is 11.5 Å². The zero-order chi connectivity index (χ0) is 15.2. The molecule has 0 bridgehead atoms. The number of ether oxygens (including phenoxy) is 1. The summed E-state index contributed by atoms with van der Waals surface area (Å²) in [7, 11) is 3.60. The minimum atomic E-state index is 0.173. The largest absolute Gasteiger partial charge is 0.503 e. The van der Waals surface area contributed by atoms with E-state index >= 15 is 0 Å². The van der Waals surface area contributed by atoms with Crippen LogP contribution in [0.3, 0.4) is 0 Å². The van der Waals surface area contributed by atoms with E-state index < -0.39 is 0 Å².